The number of rotatable bonds is 0. The van der Waals surface area contributed by atoms with E-state index in [9.17, 15) is 0 Å². The maximum atomic E-state index is 5.85. The number of hydrogen-bond acceptors (Lipinski definition) is 3. The van der Waals surface area contributed by atoms with E-state index in [1.54, 1.807) is 5.57 Å². The molecule has 0 aromatic rings. The SMILES string of the molecule is NC1=NC2(CCCC2)C2=C(CCC2)N1. The second kappa shape index (κ2) is 2.75. The molecule has 1 aliphatic heterocycles. The topological polar surface area (TPSA) is 50.4 Å². The predicted octanol–water partition coefficient (Wildman–Crippen LogP) is 1.66. The van der Waals surface area contributed by atoms with E-state index in [2.05, 4.69) is 10.3 Å². The Labute approximate surface area is 84.5 Å². The number of aliphatic imine (C=N–C) groups is 1. The molecule has 3 rings (SSSR count). The zero-order valence-electron chi connectivity index (χ0n) is 8.47. The molecule has 3 heteroatoms. The fraction of sp³-hybridized carbons (Fsp3) is 0.727. The third-order valence-corrected chi connectivity index (χ3v) is 3.82. The lowest BCUT2D eigenvalue weighted by Gasteiger charge is -2.32. The Morgan fingerprint density at radius 2 is 1.93 bits per heavy atom. The monoisotopic (exact) mass is 191 g/mol. The normalized spacial score (nSPS) is 29.0. The molecule has 0 saturated heterocycles. The van der Waals surface area contributed by atoms with Crippen molar-refractivity contribution >= 4 is 5.96 Å². The first-order valence-electron chi connectivity index (χ1n) is 5.65. The summed E-state index contributed by atoms with van der Waals surface area (Å²) in [5.41, 5.74) is 8.94. The van der Waals surface area contributed by atoms with E-state index in [-0.39, 0.29) is 5.54 Å². The highest BCUT2D eigenvalue weighted by Gasteiger charge is 2.42. The van der Waals surface area contributed by atoms with Crippen molar-refractivity contribution in [3.8, 4) is 0 Å². The van der Waals surface area contributed by atoms with E-state index < -0.39 is 0 Å². The summed E-state index contributed by atoms with van der Waals surface area (Å²) in [7, 11) is 0. The quantitative estimate of drug-likeness (QED) is 0.611. The highest BCUT2D eigenvalue weighted by Crippen LogP contribution is 2.46. The average Bonchev–Trinajstić information content (AvgIpc) is 2.73. The van der Waals surface area contributed by atoms with Crippen molar-refractivity contribution in [2.24, 2.45) is 10.7 Å². The molecule has 0 aromatic carbocycles. The largest absolute Gasteiger partial charge is 0.370 e. The molecule has 0 unspecified atom stereocenters. The Bertz CT molecular complexity index is 321. The van der Waals surface area contributed by atoms with Crippen molar-refractivity contribution in [1.29, 1.82) is 0 Å². The Hall–Kier alpha value is -0.990. The standard InChI is InChI=1S/C11H17N3/c12-10-13-9-5-3-4-8(9)11(14-10)6-1-2-7-11/h1-7H2,(H3,12,13,14). The maximum absolute atomic E-state index is 5.85. The highest BCUT2D eigenvalue weighted by atomic mass is 15.2. The van der Waals surface area contributed by atoms with Crippen LogP contribution in [0.5, 0.6) is 0 Å². The van der Waals surface area contributed by atoms with Gasteiger partial charge in [-0.15, -0.1) is 0 Å². The minimum Gasteiger partial charge on any atom is -0.370 e. The molecule has 0 atom stereocenters. The van der Waals surface area contributed by atoms with Crippen molar-refractivity contribution in [3.63, 3.8) is 0 Å². The van der Waals surface area contributed by atoms with Crippen LogP contribution in [-0.2, 0) is 0 Å². The number of fused-ring (bicyclic) bond motifs is 1. The first kappa shape index (κ1) is 8.33. The molecule has 0 amide bonds. The molecule has 3 N–H and O–H groups in total. The van der Waals surface area contributed by atoms with E-state index in [0.717, 1.165) is 0 Å². The van der Waals surface area contributed by atoms with Crippen LogP contribution in [-0.4, -0.2) is 11.5 Å². The molecule has 1 heterocycles. The molecule has 0 radical (unpaired) electrons. The van der Waals surface area contributed by atoms with E-state index >= 15 is 0 Å². The predicted molar refractivity (Wildman–Crippen MR) is 56.8 cm³/mol. The summed E-state index contributed by atoms with van der Waals surface area (Å²) in [4.78, 5) is 4.68. The molecule has 1 spiro atoms. The number of allylic oxidation sites excluding steroid dienone is 1. The third-order valence-electron chi connectivity index (χ3n) is 3.82. The molecule has 0 aromatic heterocycles. The summed E-state index contributed by atoms with van der Waals surface area (Å²) in [6.07, 6.45) is 8.75. The van der Waals surface area contributed by atoms with Crippen molar-refractivity contribution < 1.29 is 0 Å². The van der Waals surface area contributed by atoms with Crippen LogP contribution >= 0.6 is 0 Å². The molecular formula is C11H17N3. The molecular weight excluding hydrogens is 174 g/mol. The van der Waals surface area contributed by atoms with Gasteiger partial charge in [-0.1, -0.05) is 12.8 Å². The van der Waals surface area contributed by atoms with Crippen LogP contribution in [0.3, 0.4) is 0 Å². The van der Waals surface area contributed by atoms with E-state index in [0.29, 0.717) is 5.96 Å². The summed E-state index contributed by atoms with van der Waals surface area (Å²) in [6, 6.07) is 0. The zero-order valence-corrected chi connectivity index (χ0v) is 8.47. The van der Waals surface area contributed by atoms with Crippen LogP contribution in [0, 0.1) is 0 Å². The van der Waals surface area contributed by atoms with Crippen molar-refractivity contribution in [3.05, 3.63) is 11.3 Å². The molecule has 3 aliphatic rings. The summed E-state index contributed by atoms with van der Waals surface area (Å²) in [5.74, 6) is 0.646. The summed E-state index contributed by atoms with van der Waals surface area (Å²) >= 11 is 0. The van der Waals surface area contributed by atoms with E-state index in [1.165, 1.54) is 50.6 Å². The van der Waals surface area contributed by atoms with Crippen LogP contribution in [0.15, 0.2) is 16.3 Å². The van der Waals surface area contributed by atoms with E-state index in [1.807, 2.05) is 0 Å². The second-order valence-electron chi connectivity index (χ2n) is 4.67. The summed E-state index contributed by atoms with van der Waals surface area (Å²) in [5, 5.41) is 3.24. The molecule has 1 fully saturated rings. The van der Waals surface area contributed by atoms with Crippen molar-refractivity contribution in [1.82, 2.24) is 5.32 Å². The van der Waals surface area contributed by atoms with Crippen LogP contribution in [0.4, 0.5) is 0 Å². The summed E-state index contributed by atoms with van der Waals surface area (Å²) in [6.45, 7) is 0. The lowest BCUT2D eigenvalue weighted by molar-refractivity contribution is 0.493. The number of guanidine groups is 1. The van der Waals surface area contributed by atoms with Gasteiger partial charge in [-0.05, 0) is 37.7 Å². The molecule has 3 nitrogen and oxygen atoms in total. The number of nitrogens with zero attached hydrogens (tertiary/aromatic N) is 1. The Kier molecular flexibility index (Phi) is 1.64. The van der Waals surface area contributed by atoms with Crippen molar-refractivity contribution in [2.45, 2.75) is 50.5 Å². The van der Waals surface area contributed by atoms with Gasteiger partial charge in [0.2, 0.25) is 0 Å². The first-order chi connectivity index (χ1) is 6.80. The van der Waals surface area contributed by atoms with Gasteiger partial charge in [0, 0.05) is 5.70 Å². The van der Waals surface area contributed by atoms with Gasteiger partial charge in [-0.3, -0.25) is 0 Å². The van der Waals surface area contributed by atoms with Gasteiger partial charge in [-0.2, -0.15) is 0 Å². The average molecular weight is 191 g/mol. The van der Waals surface area contributed by atoms with Crippen LogP contribution < -0.4 is 11.1 Å². The molecule has 76 valence electrons. The van der Waals surface area contributed by atoms with E-state index in [4.69, 9.17) is 5.73 Å². The molecule has 0 bridgehead atoms. The van der Waals surface area contributed by atoms with Gasteiger partial charge in [-0.25, -0.2) is 4.99 Å². The van der Waals surface area contributed by atoms with Crippen molar-refractivity contribution in [2.75, 3.05) is 0 Å². The minimum absolute atomic E-state index is 0.126. The number of nitrogens with one attached hydrogen (secondary N) is 1. The third kappa shape index (κ3) is 1.01. The second-order valence-corrected chi connectivity index (χ2v) is 4.67. The fourth-order valence-corrected chi connectivity index (χ4v) is 3.25. The van der Waals surface area contributed by atoms with Gasteiger partial charge >= 0.3 is 0 Å². The highest BCUT2D eigenvalue weighted by molar-refractivity contribution is 5.82. The van der Waals surface area contributed by atoms with Gasteiger partial charge in [0.05, 0.1) is 5.54 Å². The molecule has 1 saturated carbocycles. The maximum Gasteiger partial charge on any atom is 0.193 e. The minimum atomic E-state index is 0.126. The molecule has 14 heavy (non-hydrogen) atoms. The lowest BCUT2D eigenvalue weighted by atomic mass is 9.86. The van der Waals surface area contributed by atoms with Gasteiger partial charge < -0.3 is 11.1 Å². The van der Waals surface area contributed by atoms with Crippen LogP contribution in [0.1, 0.15) is 44.9 Å². The Morgan fingerprint density at radius 3 is 2.71 bits per heavy atom. The number of nitrogens with two attached hydrogens (primary N) is 1. The van der Waals surface area contributed by atoms with Gasteiger partial charge in [0.25, 0.3) is 0 Å². The molecule has 2 aliphatic carbocycles. The van der Waals surface area contributed by atoms with Gasteiger partial charge in [0.1, 0.15) is 0 Å². The summed E-state index contributed by atoms with van der Waals surface area (Å²) < 4.78 is 0. The Balaban J connectivity index is 2.04. The smallest absolute Gasteiger partial charge is 0.193 e. The van der Waals surface area contributed by atoms with Crippen LogP contribution in [0.2, 0.25) is 0 Å². The first-order valence-corrected chi connectivity index (χ1v) is 5.65. The lowest BCUT2D eigenvalue weighted by Crippen LogP contribution is -2.42. The van der Waals surface area contributed by atoms with Crippen LogP contribution in [0.25, 0.3) is 0 Å². The number of hydrogen-bond donors (Lipinski definition) is 2. The van der Waals surface area contributed by atoms with Gasteiger partial charge in [0.15, 0.2) is 5.96 Å². The Morgan fingerprint density at radius 1 is 1.14 bits per heavy atom. The fourth-order valence-electron chi connectivity index (χ4n) is 3.25. The zero-order chi connectivity index (χ0) is 9.60.